The van der Waals surface area contributed by atoms with Crippen LogP contribution in [0.5, 0.6) is 0 Å². The Balaban J connectivity index is 1.42. The van der Waals surface area contributed by atoms with E-state index in [4.69, 9.17) is 4.98 Å². The minimum Gasteiger partial charge on any atom is -0.336 e. The van der Waals surface area contributed by atoms with E-state index in [1.807, 2.05) is 56.3 Å². The maximum absolute atomic E-state index is 12.4. The van der Waals surface area contributed by atoms with Crippen molar-refractivity contribution in [3.05, 3.63) is 95.3 Å². The molecule has 4 rings (SSSR count). The summed E-state index contributed by atoms with van der Waals surface area (Å²) >= 11 is 0. The summed E-state index contributed by atoms with van der Waals surface area (Å²) in [5.74, 6) is 1.04. The summed E-state index contributed by atoms with van der Waals surface area (Å²) in [7, 11) is 0. The highest BCUT2D eigenvalue weighted by atomic mass is 16.2. The predicted molar refractivity (Wildman–Crippen MR) is 127 cm³/mol. The highest BCUT2D eigenvalue weighted by molar-refractivity contribution is 5.90. The molecule has 3 aromatic carbocycles. The summed E-state index contributed by atoms with van der Waals surface area (Å²) in [6.07, 6.45) is 1.79. The Morgan fingerprint density at radius 1 is 0.935 bits per heavy atom. The van der Waals surface area contributed by atoms with E-state index >= 15 is 0 Å². The van der Waals surface area contributed by atoms with Crippen LogP contribution in [0.2, 0.25) is 0 Å². The third-order valence-corrected chi connectivity index (χ3v) is 5.48. The molecule has 0 aliphatic carbocycles. The van der Waals surface area contributed by atoms with Crippen LogP contribution in [0, 0.1) is 13.8 Å². The van der Waals surface area contributed by atoms with Crippen molar-refractivity contribution in [2.24, 2.45) is 0 Å². The number of aryl methyl sites for hydroxylation is 4. The summed E-state index contributed by atoms with van der Waals surface area (Å²) in [4.78, 5) is 17.3. The maximum atomic E-state index is 12.4. The number of para-hydroxylation sites is 2. The lowest BCUT2D eigenvalue weighted by Crippen LogP contribution is -2.32. The number of carbonyl (C=O) groups excluding carboxylic acids is 1. The van der Waals surface area contributed by atoms with Crippen molar-refractivity contribution in [3.63, 3.8) is 0 Å². The SMILES string of the molecule is Cc1ccc(C)c(NC(=O)NCCn2c(CCc3ccccc3)nc3ccccc32)c1. The summed E-state index contributed by atoms with van der Waals surface area (Å²) in [5, 5.41) is 5.94. The monoisotopic (exact) mass is 412 g/mol. The van der Waals surface area contributed by atoms with E-state index in [-0.39, 0.29) is 6.03 Å². The van der Waals surface area contributed by atoms with Crippen molar-refractivity contribution < 1.29 is 4.79 Å². The highest BCUT2D eigenvalue weighted by Crippen LogP contribution is 2.18. The van der Waals surface area contributed by atoms with Crippen LogP contribution in [0.4, 0.5) is 10.5 Å². The van der Waals surface area contributed by atoms with Gasteiger partial charge in [0.05, 0.1) is 11.0 Å². The van der Waals surface area contributed by atoms with Gasteiger partial charge >= 0.3 is 6.03 Å². The number of hydrogen-bond donors (Lipinski definition) is 2. The van der Waals surface area contributed by atoms with Crippen LogP contribution in [0.25, 0.3) is 11.0 Å². The number of rotatable bonds is 7. The van der Waals surface area contributed by atoms with Crippen molar-refractivity contribution in [2.75, 3.05) is 11.9 Å². The summed E-state index contributed by atoms with van der Waals surface area (Å²) in [6.45, 7) is 5.20. The van der Waals surface area contributed by atoms with E-state index in [0.717, 1.165) is 46.5 Å². The number of carbonyl (C=O) groups is 1. The van der Waals surface area contributed by atoms with Crippen LogP contribution in [0.3, 0.4) is 0 Å². The Labute approximate surface area is 183 Å². The Hall–Kier alpha value is -3.60. The standard InChI is InChI=1S/C26H28N4O/c1-19-12-13-20(2)23(18-19)29-26(31)27-16-17-30-24-11-7-6-10-22(24)28-25(30)15-14-21-8-4-3-5-9-21/h3-13,18H,14-17H2,1-2H3,(H2,27,29,31). The molecule has 0 fully saturated rings. The first kappa shape index (κ1) is 20.7. The Bertz CT molecular complexity index is 1180. The molecule has 0 aliphatic rings. The Kier molecular flexibility index (Phi) is 6.32. The zero-order valence-corrected chi connectivity index (χ0v) is 18.1. The van der Waals surface area contributed by atoms with E-state index in [9.17, 15) is 4.79 Å². The first-order chi connectivity index (χ1) is 15.1. The molecular formula is C26H28N4O. The zero-order chi connectivity index (χ0) is 21.6. The molecular weight excluding hydrogens is 384 g/mol. The van der Waals surface area contributed by atoms with Crippen LogP contribution >= 0.6 is 0 Å². The molecule has 5 nitrogen and oxygen atoms in total. The van der Waals surface area contributed by atoms with E-state index in [1.165, 1.54) is 5.56 Å². The number of aromatic nitrogens is 2. The average Bonchev–Trinajstić information content (AvgIpc) is 3.13. The van der Waals surface area contributed by atoms with Gasteiger partial charge in [0.2, 0.25) is 0 Å². The van der Waals surface area contributed by atoms with Gasteiger partial charge in [-0.3, -0.25) is 0 Å². The minimum atomic E-state index is -0.191. The van der Waals surface area contributed by atoms with Gasteiger partial charge in [0.25, 0.3) is 0 Å². The molecule has 0 saturated heterocycles. The molecule has 0 radical (unpaired) electrons. The molecule has 5 heteroatoms. The first-order valence-corrected chi connectivity index (χ1v) is 10.7. The quantitative estimate of drug-likeness (QED) is 0.435. The predicted octanol–water partition coefficient (Wildman–Crippen LogP) is 5.26. The smallest absolute Gasteiger partial charge is 0.319 e. The summed E-state index contributed by atoms with van der Waals surface area (Å²) in [6, 6.07) is 24.5. The number of anilines is 1. The van der Waals surface area contributed by atoms with E-state index in [2.05, 4.69) is 45.5 Å². The largest absolute Gasteiger partial charge is 0.336 e. The van der Waals surface area contributed by atoms with E-state index in [1.54, 1.807) is 0 Å². The average molecular weight is 413 g/mol. The van der Waals surface area contributed by atoms with Crippen LogP contribution in [-0.2, 0) is 19.4 Å². The van der Waals surface area contributed by atoms with Gasteiger partial charge in [-0.15, -0.1) is 0 Å². The summed E-state index contributed by atoms with van der Waals surface area (Å²) in [5.41, 5.74) is 6.40. The minimum absolute atomic E-state index is 0.191. The molecule has 0 atom stereocenters. The third kappa shape index (κ3) is 5.12. The molecule has 1 heterocycles. The molecule has 0 unspecified atom stereocenters. The molecule has 2 amide bonds. The lowest BCUT2D eigenvalue weighted by Gasteiger charge is -2.13. The van der Waals surface area contributed by atoms with Crippen molar-refractivity contribution in [1.82, 2.24) is 14.9 Å². The van der Waals surface area contributed by atoms with Crippen molar-refractivity contribution >= 4 is 22.8 Å². The van der Waals surface area contributed by atoms with Crippen LogP contribution < -0.4 is 10.6 Å². The molecule has 0 bridgehead atoms. The third-order valence-electron chi connectivity index (χ3n) is 5.48. The number of hydrogen-bond acceptors (Lipinski definition) is 2. The number of urea groups is 1. The number of amides is 2. The van der Waals surface area contributed by atoms with Gasteiger partial charge in [0, 0.05) is 25.2 Å². The Morgan fingerprint density at radius 3 is 2.55 bits per heavy atom. The molecule has 0 saturated carbocycles. The second-order valence-electron chi connectivity index (χ2n) is 7.85. The van der Waals surface area contributed by atoms with Crippen LogP contribution in [-0.4, -0.2) is 22.1 Å². The van der Waals surface area contributed by atoms with Gasteiger partial charge in [-0.1, -0.05) is 54.6 Å². The maximum Gasteiger partial charge on any atom is 0.319 e. The van der Waals surface area contributed by atoms with E-state index < -0.39 is 0 Å². The highest BCUT2D eigenvalue weighted by Gasteiger charge is 2.11. The zero-order valence-electron chi connectivity index (χ0n) is 18.1. The van der Waals surface area contributed by atoms with Gasteiger partial charge in [0.15, 0.2) is 0 Å². The fraction of sp³-hybridized carbons (Fsp3) is 0.231. The number of benzene rings is 3. The fourth-order valence-electron chi connectivity index (χ4n) is 3.78. The van der Waals surface area contributed by atoms with Gasteiger partial charge in [-0.05, 0) is 55.2 Å². The lowest BCUT2D eigenvalue weighted by atomic mass is 10.1. The van der Waals surface area contributed by atoms with Crippen molar-refractivity contribution in [2.45, 2.75) is 33.2 Å². The van der Waals surface area contributed by atoms with Crippen molar-refractivity contribution in [3.8, 4) is 0 Å². The summed E-state index contributed by atoms with van der Waals surface area (Å²) < 4.78 is 2.22. The second-order valence-corrected chi connectivity index (χ2v) is 7.85. The topological polar surface area (TPSA) is 59.0 Å². The van der Waals surface area contributed by atoms with Gasteiger partial charge in [-0.2, -0.15) is 0 Å². The fourth-order valence-corrected chi connectivity index (χ4v) is 3.78. The van der Waals surface area contributed by atoms with Gasteiger partial charge in [0.1, 0.15) is 5.82 Å². The first-order valence-electron chi connectivity index (χ1n) is 10.7. The number of nitrogens with one attached hydrogen (secondary N) is 2. The second kappa shape index (κ2) is 9.47. The van der Waals surface area contributed by atoms with Crippen LogP contribution in [0.1, 0.15) is 22.5 Å². The number of imidazole rings is 1. The molecule has 31 heavy (non-hydrogen) atoms. The normalized spacial score (nSPS) is 10.9. The Morgan fingerprint density at radius 2 is 1.71 bits per heavy atom. The lowest BCUT2D eigenvalue weighted by molar-refractivity contribution is 0.251. The molecule has 0 aliphatic heterocycles. The van der Waals surface area contributed by atoms with E-state index in [0.29, 0.717) is 13.1 Å². The van der Waals surface area contributed by atoms with Crippen molar-refractivity contribution in [1.29, 1.82) is 0 Å². The van der Waals surface area contributed by atoms with Gasteiger partial charge in [-0.25, -0.2) is 9.78 Å². The number of nitrogens with zero attached hydrogens (tertiary/aromatic N) is 2. The molecule has 2 N–H and O–H groups in total. The molecule has 4 aromatic rings. The van der Waals surface area contributed by atoms with Gasteiger partial charge < -0.3 is 15.2 Å². The number of fused-ring (bicyclic) bond motifs is 1. The van der Waals surface area contributed by atoms with Crippen LogP contribution in [0.15, 0.2) is 72.8 Å². The molecule has 1 aromatic heterocycles. The molecule has 158 valence electrons. The molecule has 0 spiro atoms.